The minimum absolute atomic E-state index is 0.157. The monoisotopic (exact) mass is 258 g/mol. The van der Waals surface area contributed by atoms with Crippen molar-refractivity contribution < 1.29 is 4.39 Å². The van der Waals surface area contributed by atoms with Gasteiger partial charge in [-0.3, -0.25) is 9.18 Å². The molecule has 0 aliphatic rings. The molecule has 98 valence electrons. The Kier molecular flexibility index (Phi) is 4.30. The van der Waals surface area contributed by atoms with Crippen molar-refractivity contribution in [3.05, 3.63) is 46.2 Å². The molecule has 1 aromatic heterocycles. The van der Waals surface area contributed by atoms with E-state index in [9.17, 15) is 9.18 Å². The number of alkyl halides is 1. The maximum Gasteiger partial charge on any atom is 0.207 e. The van der Waals surface area contributed by atoms with Crippen LogP contribution in [-0.2, 0) is 6.54 Å². The number of fused-ring (bicyclic) bond motifs is 1. The van der Waals surface area contributed by atoms with Gasteiger partial charge in [0, 0.05) is 18.1 Å². The first-order chi connectivity index (χ1) is 9.27. The van der Waals surface area contributed by atoms with Gasteiger partial charge in [-0.2, -0.15) is 5.26 Å². The van der Waals surface area contributed by atoms with Gasteiger partial charge >= 0.3 is 0 Å². The van der Waals surface area contributed by atoms with Crippen molar-refractivity contribution in [3.63, 3.8) is 0 Å². The van der Waals surface area contributed by atoms with Crippen LogP contribution in [0.1, 0.15) is 24.8 Å². The third-order valence-electron chi connectivity index (χ3n) is 3.14. The van der Waals surface area contributed by atoms with Gasteiger partial charge in [0.05, 0.1) is 12.2 Å². The highest BCUT2D eigenvalue weighted by atomic mass is 19.1. The van der Waals surface area contributed by atoms with Crippen LogP contribution in [0.2, 0.25) is 0 Å². The minimum Gasteiger partial charge on any atom is -0.346 e. The Bertz CT molecular complexity index is 670. The first-order valence-corrected chi connectivity index (χ1v) is 6.36. The van der Waals surface area contributed by atoms with Gasteiger partial charge in [-0.1, -0.05) is 12.1 Å². The lowest BCUT2D eigenvalue weighted by atomic mass is 10.1. The van der Waals surface area contributed by atoms with Gasteiger partial charge in [0.15, 0.2) is 0 Å². The number of para-hydroxylation sites is 1. The van der Waals surface area contributed by atoms with Gasteiger partial charge in [0.2, 0.25) is 5.43 Å². The van der Waals surface area contributed by atoms with Crippen molar-refractivity contribution in [2.24, 2.45) is 0 Å². The molecule has 0 radical (unpaired) electrons. The number of aryl methyl sites for hydroxylation is 1. The van der Waals surface area contributed by atoms with Gasteiger partial charge in [-0.05, 0) is 31.4 Å². The summed E-state index contributed by atoms with van der Waals surface area (Å²) in [5, 5.41) is 9.56. The zero-order valence-electron chi connectivity index (χ0n) is 10.6. The molecular weight excluding hydrogens is 243 g/mol. The Hall–Kier alpha value is -2.15. The molecule has 0 bridgehead atoms. The smallest absolute Gasteiger partial charge is 0.207 e. The number of benzene rings is 1. The number of unbranched alkanes of at least 4 members (excludes halogenated alkanes) is 2. The predicted molar refractivity (Wildman–Crippen MR) is 72.7 cm³/mol. The SMILES string of the molecule is N#Cc1cn(CCCCCF)c2ccccc2c1=O. The van der Waals surface area contributed by atoms with E-state index in [2.05, 4.69) is 0 Å². The number of aromatic nitrogens is 1. The molecule has 0 N–H and O–H groups in total. The fourth-order valence-corrected chi connectivity index (χ4v) is 2.16. The van der Waals surface area contributed by atoms with Gasteiger partial charge in [-0.25, -0.2) is 0 Å². The van der Waals surface area contributed by atoms with Crippen molar-refractivity contribution in [2.45, 2.75) is 25.8 Å². The molecule has 19 heavy (non-hydrogen) atoms. The zero-order valence-corrected chi connectivity index (χ0v) is 10.6. The van der Waals surface area contributed by atoms with E-state index < -0.39 is 0 Å². The van der Waals surface area contributed by atoms with Gasteiger partial charge < -0.3 is 4.57 Å². The average Bonchev–Trinajstić information content (AvgIpc) is 2.46. The number of nitrogens with zero attached hydrogens (tertiary/aromatic N) is 2. The van der Waals surface area contributed by atoms with Crippen LogP contribution >= 0.6 is 0 Å². The van der Waals surface area contributed by atoms with Gasteiger partial charge in [0.1, 0.15) is 11.6 Å². The van der Waals surface area contributed by atoms with Crippen LogP contribution in [0.5, 0.6) is 0 Å². The van der Waals surface area contributed by atoms with E-state index in [0.717, 1.165) is 18.4 Å². The second-order valence-electron chi connectivity index (χ2n) is 4.44. The summed E-state index contributed by atoms with van der Waals surface area (Å²) < 4.78 is 14.0. The van der Waals surface area contributed by atoms with Crippen LogP contribution in [-0.4, -0.2) is 11.2 Å². The molecule has 0 amide bonds. The second kappa shape index (κ2) is 6.14. The lowest BCUT2D eigenvalue weighted by Crippen LogP contribution is -2.13. The van der Waals surface area contributed by atoms with Gasteiger partial charge in [-0.15, -0.1) is 0 Å². The summed E-state index contributed by atoms with van der Waals surface area (Å²) in [6.07, 6.45) is 3.80. The fraction of sp³-hybridized carbons (Fsp3) is 0.333. The first-order valence-electron chi connectivity index (χ1n) is 6.36. The second-order valence-corrected chi connectivity index (χ2v) is 4.44. The molecule has 0 saturated heterocycles. The van der Waals surface area contributed by atoms with Crippen LogP contribution in [0.3, 0.4) is 0 Å². The molecule has 0 spiro atoms. The molecule has 0 aliphatic carbocycles. The highest BCUT2D eigenvalue weighted by Gasteiger charge is 2.07. The molecule has 2 aromatic rings. The number of hydrogen-bond acceptors (Lipinski definition) is 2. The number of hydrogen-bond donors (Lipinski definition) is 0. The molecule has 1 heterocycles. The van der Waals surface area contributed by atoms with E-state index in [1.807, 2.05) is 22.8 Å². The molecule has 0 aliphatic heterocycles. The summed E-state index contributed by atoms with van der Waals surface area (Å²) in [4.78, 5) is 12.0. The molecule has 0 atom stereocenters. The number of halogens is 1. The standard InChI is InChI=1S/C15H15FN2O/c16-8-4-1-5-9-18-11-12(10-17)15(19)13-6-2-3-7-14(13)18/h2-3,6-7,11H,1,4-5,8-9H2. The summed E-state index contributed by atoms with van der Waals surface area (Å²) in [6, 6.07) is 9.19. The van der Waals surface area contributed by atoms with Crippen molar-refractivity contribution in [3.8, 4) is 6.07 Å². The van der Waals surface area contributed by atoms with E-state index in [4.69, 9.17) is 5.26 Å². The maximum atomic E-state index is 12.1. The Labute approximate surface area is 110 Å². The van der Waals surface area contributed by atoms with Crippen LogP contribution in [0.25, 0.3) is 10.9 Å². The molecule has 0 unspecified atom stereocenters. The van der Waals surface area contributed by atoms with Crippen LogP contribution in [0.15, 0.2) is 35.3 Å². The zero-order chi connectivity index (χ0) is 13.7. The average molecular weight is 258 g/mol. The number of rotatable bonds is 5. The highest BCUT2D eigenvalue weighted by Crippen LogP contribution is 2.12. The molecule has 2 rings (SSSR count). The fourth-order valence-electron chi connectivity index (χ4n) is 2.16. The van der Waals surface area contributed by atoms with Crippen molar-refractivity contribution in [2.75, 3.05) is 6.67 Å². The number of pyridine rings is 1. The quantitative estimate of drug-likeness (QED) is 0.774. The van der Waals surface area contributed by atoms with Crippen LogP contribution in [0.4, 0.5) is 4.39 Å². The van der Waals surface area contributed by atoms with E-state index in [0.29, 0.717) is 18.4 Å². The Morgan fingerprint density at radius 1 is 1.21 bits per heavy atom. The summed E-state index contributed by atoms with van der Waals surface area (Å²) in [5.74, 6) is 0. The Morgan fingerprint density at radius 3 is 2.74 bits per heavy atom. The summed E-state index contributed by atoms with van der Waals surface area (Å²) in [6.45, 7) is 0.393. The first kappa shape index (κ1) is 13.3. The third kappa shape index (κ3) is 2.82. The van der Waals surface area contributed by atoms with E-state index in [-0.39, 0.29) is 17.7 Å². The molecule has 3 nitrogen and oxygen atoms in total. The van der Waals surface area contributed by atoms with Crippen molar-refractivity contribution >= 4 is 10.9 Å². The predicted octanol–water partition coefficient (Wildman–Crippen LogP) is 3.01. The summed E-state index contributed by atoms with van der Waals surface area (Å²) >= 11 is 0. The summed E-state index contributed by atoms with van der Waals surface area (Å²) in [5.41, 5.74) is 0.758. The Balaban J connectivity index is 2.40. The van der Waals surface area contributed by atoms with E-state index in [1.165, 1.54) is 0 Å². The lowest BCUT2D eigenvalue weighted by molar-refractivity contribution is 0.449. The van der Waals surface area contributed by atoms with E-state index in [1.54, 1.807) is 18.3 Å². The third-order valence-corrected chi connectivity index (χ3v) is 3.14. The normalized spacial score (nSPS) is 10.5. The molecule has 4 heteroatoms. The molecule has 1 aromatic carbocycles. The van der Waals surface area contributed by atoms with Crippen molar-refractivity contribution in [1.29, 1.82) is 5.26 Å². The van der Waals surface area contributed by atoms with E-state index >= 15 is 0 Å². The van der Waals surface area contributed by atoms with Crippen LogP contribution < -0.4 is 5.43 Å². The minimum atomic E-state index is -0.297. The van der Waals surface area contributed by atoms with Crippen molar-refractivity contribution in [1.82, 2.24) is 4.57 Å². The highest BCUT2D eigenvalue weighted by molar-refractivity contribution is 5.80. The topological polar surface area (TPSA) is 45.8 Å². The summed E-state index contributed by atoms with van der Waals surface area (Å²) in [7, 11) is 0. The number of nitriles is 1. The molecule has 0 saturated carbocycles. The van der Waals surface area contributed by atoms with Crippen LogP contribution in [0, 0.1) is 11.3 Å². The molecular formula is C15H15FN2O. The maximum absolute atomic E-state index is 12.1. The Morgan fingerprint density at radius 2 is 2.00 bits per heavy atom. The largest absolute Gasteiger partial charge is 0.346 e. The van der Waals surface area contributed by atoms with Gasteiger partial charge in [0.25, 0.3) is 0 Å². The molecule has 0 fully saturated rings. The lowest BCUT2D eigenvalue weighted by Gasteiger charge is -2.11.